The molecule has 0 saturated carbocycles. The summed E-state index contributed by atoms with van der Waals surface area (Å²) in [6.45, 7) is 2.05. The fraction of sp³-hybridized carbons (Fsp3) is 0.250. The average Bonchev–Trinajstić information content (AvgIpc) is 2.42. The van der Waals surface area contributed by atoms with Crippen LogP contribution >= 0.6 is 0 Å². The van der Waals surface area contributed by atoms with Gasteiger partial charge in [-0.3, -0.25) is 9.78 Å². The first-order valence-corrected chi connectivity index (χ1v) is 6.29. The van der Waals surface area contributed by atoms with E-state index < -0.39 is 0 Å². The minimum Gasteiger partial charge on any atom is -0.483 e. The van der Waals surface area contributed by atoms with Gasteiger partial charge in [0.1, 0.15) is 12.4 Å². The molecule has 0 bridgehead atoms. The Morgan fingerprint density at radius 2 is 2.19 bits per heavy atom. The number of hydrogen-bond acceptors (Lipinski definition) is 4. The number of aromatic nitrogens is 1. The van der Waals surface area contributed by atoms with Crippen LogP contribution in [0.15, 0.2) is 36.5 Å². The molecule has 0 amide bonds. The van der Waals surface area contributed by atoms with Crippen LogP contribution < -0.4 is 4.74 Å². The molecule has 1 aromatic heterocycles. The van der Waals surface area contributed by atoms with Crippen molar-refractivity contribution in [3.8, 4) is 11.5 Å². The smallest absolute Gasteiger partial charge is 0.164 e. The minimum atomic E-state index is -0.0114. The second kappa shape index (κ2) is 9.03. The van der Waals surface area contributed by atoms with Gasteiger partial charge < -0.3 is 9.47 Å². The van der Waals surface area contributed by atoms with E-state index in [1.165, 1.54) is 7.11 Å². The summed E-state index contributed by atoms with van der Waals surface area (Å²) in [5.74, 6) is 1.42. The van der Waals surface area contributed by atoms with Gasteiger partial charge in [0.25, 0.3) is 0 Å². The summed E-state index contributed by atoms with van der Waals surface area (Å²) < 4.78 is 10.6. The van der Waals surface area contributed by atoms with Gasteiger partial charge in [0.05, 0.1) is 12.1 Å². The molecule has 0 unspecified atom stereocenters. The van der Waals surface area contributed by atoms with E-state index in [1.54, 1.807) is 24.4 Å². The third kappa shape index (κ3) is 5.66. The van der Waals surface area contributed by atoms with Gasteiger partial charge in [0, 0.05) is 57.8 Å². The van der Waals surface area contributed by atoms with Crippen molar-refractivity contribution in [3.63, 3.8) is 0 Å². The molecule has 2 aromatic rings. The van der Waals surface area contributed by atoms with E-state index in [-0.39, 0.29) is 51.5 Å². The Hall–Kier alpha value is -1.10. The molecule has 1 radical (unpaired) electrons. The summed E-state index contributed by atoms with van der Waals surface area (Å²) in [6, 6.07) is 12.0. The largest absolute Gasteiger partial charge is 0.483 e. The van der Waals surface area contributed by atoms with Crippen LogP contribution in [0.4, 0.5) is 0 Å². The normalized spacial score (nSPS) is 9.81. The number of hydrogen-bond donors (Lipinski definition) is 0. The number of nitrogens with zero attached hydrogens (tertiary/aromatic N) is 1. The predicted molar refractivity (Wildman–Crippen MR) is 74.9 cm³/mol. The number of ether oxygens (including phenoxy) is 2. The number of aryl methyl sites for hydroxylation is 1. The van der Waals surface area contributed by atoms with E-state index in [0.717, 1.165) is 11.3 Å². The molecule has 5 heteroatoms. The predicted octanol–water partition coefficient (Wildman–Crippen LogP) is 2.74. The van der Waals surface area contributed by atoms with Crippen molar-refractivity contribution in [2.24, 2.45) is 0 Å². The van der Waals surface area contributed by atoms with Crippen molar-refractivity contribution < 1.29 is 47.0 Å². The van der Waals surface area contributed by atoms with E-state index in [9.17, 15) is 4.79 Å². The molecule has 0 aliphatic heterocycles. The summed E-state index contributed by atoms with van der Waals surface area (Å²) in [7, 11) is 1.50. The summed E-state index contributed by atoms with van der Waals surface area (Å²) >= 11 is 0. The fourth-order valence-corrected chi connectivity index (χ4v) is 1.77. The Bertz CT molecular complexity index is 602. The number of rotatable bonds is 6. The SMILES string of the molecule is COCC(=O)Cc1cc(Oc2cc[c-]cc2C)ccn1.[Y]. The summed E-state index contributed by atoms with van der Waals surface area (Å²) in [5.41, 5.74) is 1.67. The van der Waals surface area contributed by atoms with Gasteiger partial charge in [-0.2, -0.15) is 18.2 Å². The zero-order valence-corrected chi connectivity index (χ0v) is 15.0. The van der Waals surface area contributed by atoms with Crippen LogP contribution in [-0.4, -0.2) is 24.5 Å². The van der Waals surface area contributed by atoms with Crippen molar-refractivity contribution in [1.82, 2.24) is 4.98 Å². The topological polar surface area (TPSA) is 48.4 Å². The van der Waals surface area contributed by atoms with Crippen molar-refractivity contribution in [1.29, 1.82) is 0 Å². The number of carbonyl (C=O) groups excluding carboxylic acids is 1. The van der Waals surface area contributed by atoms with Crippen LogP contribution in [0.25, 0.3) is 0 Å². The van der Waals surface area contributed by atoms with Crippen molar-refractivity contribution in [2.75, 3.05) is 13.7 Å². The third-order valence-corrected chi connectivity index (χ3v) is 2.72. The van der Waals surface area contributed by atoms with Crippen LogP contribution in [0, 0.1) is 13.0 Å². The van der Waals surface area contributed by atoms with E-state index in [1.807, 2.05) is 19.1 Å². The molecule has 0 fully saturated rings. The molecule has 0 saturated heterocycles. The summed E-state index contributed by atoms with van der Waals surface area (Å²) in [5, 5.41) is 0. The zero-order chi connectivity index (χ0) is 14.4. The Kier molecular flexibility index (Phi) is 7.72. The maximum Gasteiger partial charge on any atom is 0.164 e. The second-order valence-corrected chi connectivity index (χ2v) is 4.43. The number of benzene rings is 1. The van der Waals surface area contributed by atoms with Gasteiger partial charge in [0.15, 0.2) is 5.78 Å². The monoisotopic (exact) mass is 359 g/mol. The van der Waals surface area contributed by atoms with E-state index >= 15 is 0 Å². The molecule has 0 N–H and O–H groups in total. The number of ketones is 1. The molecule has 1 aromatic carbocycles. The molecular weight excluding hydrogens is 343 g/mol. The van der Waals surface area contributed by atoms with Crippen molar-refractivity contribution >= 4 is 5.78 Å². The molecule has 0 aliphatic carbocycles. The molecule has 21 heavy (non-hydrogen) atoms. The van der Waals surface area contributed by atoms with Crippen LogP contribution in [0.3, 0.4) is 0 Å². The maximum absolute atomic E-state index is 11.5. The van der Waals surface area contributed by atoms with Gasteiger partial charge in [-0.25, -0.2) is 0 Å². The minimum absolute atomic E-state index is 0. The van der Waals surface area contributed by atoms with E-state index in [2.05, 4.69) is 11.1 Å². The van der Waals surface area contributed by atoms with E-state index in [4.69, 9.17) is 9.47 Å². The van der Waals surface area contributed by atoms with Gasteiger partial charge in [-0.1, -0.05) is 6.92 Å². The number of pyridine rings is 1. The van der Waals surface area contributed by atoms with Crippen molar-refractivity contribution in [3.05, 3.63) is 53.9 Å². The van der Waals surface area contributed by atoms with Gasteiger partial charge >= 0.3 is 0 Å². The van der Waals surface area contributed by atoms with Gasteiger partial charge in [-0.05, 0) is 6.07 Å². The Labute approximate surface area is 149 Å². The number of carbonyl (C=O) groups is 1. The van der Waals surface area contributed by atoms with Crippen LogP contribution in [0.2, 0.25) is 0 Å². The zero-order valence-electron chi connectivity index (χ0n) is 12.1. The Balaban J connectivity index is 0.00000220. The standard InChI is InChI=1S/C16H16NO3.Y/c1-12-5-3-4-6-16(12)20-15-7-8-17-13(10-15)9-14(18)11-19-2;/h4-8,10H,9,11H2,1-2H3;/q-1;. The van der Waals surface area contributed by atoms with Crippen LogP contribution in [0.5, 0.6) is 11.5 Å². The van der Waals surface area contributed by atoms with E-state index in [0.29, 0.717) is 11.4 Å². The molecular formula is C16H16NO3Y-. The Morgan fingerprint density at radius 3 is 2.90 bits per heavy atom. The van der Waals surface area contributed by atoms with Gasteiger partial charge in [-0.15, -0.1) is 11.6 Å². The molecule has 0 aliphatic rings. The van der Waals surface area contributed by atoms with Gasteiger partial charge in [0.2, 0.25) is 0 Å². The first-order chi connectivity index (χ1) is 9.69. The second-order valence-electron chi connectivity index (χ2n) is 4.43. The summed E-state index contributed by atoms with van der Waals surface area (Å²) in [6.07, 6.45) is 1.88. The maximum atomic E-state index is 11.5. The molecule has 0 atom stereocenters. The first kappa shape index (κ1) is 18.0. The van der Waals surface area contributed by atoms with Crippen LogP contribution in [-0.2, 0) is 48.7 Å². The molecule has 1 heterocycles. The number of Topliss-reactive ketones (excluding diaryl/α,β-unsaturated/α-hetero) is 1. The third-order valence-electron chi connectivity index (χ3n) is 2.72. The quantitative estimate of drug-likeness (QED) is 0.745. The van der Waals surface area contributed by atoms with Crippen molar-refractivity contribution in [2.45, 2.75) is 13.3 Å². The molecule has 4 nitrogen and oxygen atoms in total. The van der Waals surface area contributed by atoms with Crippen LogP contribution in [0.1, 0.15) is 11.3 Å². The summed E-state index contributed by atoms with van der Waals surface area (Å²) in [4.78, 5) is 15.7. The molecule has 0 spiro atoms. The fourth-order valence-electron chi connectivity index (χ4n) is 1.77. The number of methoxy groups -OCH3 is 1. The first-order valence-electron chi connectivity index (χ1n) is 6.29. The Morgan fingerprint density at radius 1 is 1.38 bits per heavy atom. The molecule has 107 valence electrons. The average molecular weight is 359 g/mol. The molecule has 2 rings (SSSR count).